The number of aryl methyl sites for hydroxylation is 1. The van der Waals surface area contributed by atoms with Crippen molar-refractivity contribution in [1.29, 1.82) is 0 Å². The molecule has 82 valence electrons. The van der Waals surface area contributed by atoms with E-state index in [9.17, 15) is 4.79 Å². The molecule has 3 heteroatoms. The van der Waals surface area contributed by atoms with Gasteiger partial charge in [-0.15, -0.1) is 0 Å². The Morgan fingerprint density at radius 2 is 2.00 bits per heavy atom. The first-order chi connectivity index (χ1) is 7.75. The minimum Gasteiger partial charge on any atom is -0.358 e. The van der Waals surface area contributed by atoms with Gasteiger partial charge in [0.25, 0.3) is 0 Å². The number of ketones is 1. The predicted octanol–water partition coefficient (Wildman–Crippen LogP) is 3.59. The fraction of sp³-hybridized carbons (Fsp3) is 0.154. The van der Waals surface area contributed by atoms with Gasteiger partial charge in [0.05, 0.1) is 5.69 Å². The Morgan fingerprint density at radius 3 is 2.62 bits per heavy atom. The maximum Gasteiger partial charge on any atom is 0.179 e. The topological polar surface area (TPSA) is 32.9 Å². The van der Waals surface area contributed by atoms with Gasteiger partial charge in [-0.1, -0.05) is 30.3 Å². The third-order valence-electron chi connectivity index (χ3n) is 2.43. The zero-order valence-electron chi connectivity index (χ0n) is 8.74. The average Bonchev–Trinajstić information content (AvgIpc) is 2.74. The number of hydrogen-bond acceptors (Lipinski definition) is 1. The molecular formula is C13H12BrNO. The summed E-state index contributed by atoms with van der Waals surface area (Å²) < 4.78 is 0.913. The number of halogens is 1. The Labute approximate surface area is 103 Å². The lowest BCUT2D eigenvalue weighted by Gasteiger charge is -1.99. The van der Waals surface area contributed by atoms with E-state index in [1.54, 1.807) is 6.20 Å². The van der Waals surface area contributed by atoms with Crippen molar-refractivity contribution in [2.24, 2.45) is 0 Å². The van der Waals surface area contributed by atoms with Gasteiger partial charge in [0.15, 0.2) is 5.78 Å². The van der Waals surface area contributed by atoms with Crippen LogP contribution in [0, 0.1) is 0 Å². The molecule has 1 N–H and O–H groups in total. The summed E-state index contributed by atoms with van der Waals surface area (Å²) in [5.41, 5.74) is 1.87. The first kappa shape index (κ1) is 11.1. The Morgan fingerprint density at radius 1 is 1.25 bits per heavy atom. The number of H-pyrrole nitrogens is 1. The fourth-order valence-electron chi connectivity index (χ4n) is 1.57. The lowest BCUT2D eigenvalue weighted by atomic mass is 10.1. The van der Waals surface area contributed by atoms with Gasteiger partial charge in [-0.2, -0.15) is 0 Å². The summed E-state index contributed by atoms with van der Waals surface area (Å²) in [6, 6.07) is 11.9. The smallest absolute Gasteiger partial charge is 0.179 e. The molecule has 0 aliphatic heterocycles. The SMILES string of the molecule is O=C(CCc1ccccc1)c1cc(Br)c[nH]1. The number of hydrogen-bond donors (Lipinski definition) is 1. The van der Waals surface area contributed by atoms with Crippen molar-refractivity contribution in [3.05, 3.63) is 58.3 Å². The fourth-order valence-corrected chi connectivity index (χ4v) is 1.91. The van der Waals surface area contributed by atoms with Crippen molar-refractivity contribution in [2.45, 2.75) is 12.8 Å². The molecule has 1 heterocycles. The van der Waals surface area contributed by atoms with Crippen molar-refractivity contribution < 1.29 is 4.79 Å². The summed E-state index contributed by atoms with van der Waals surface area (Å²) in [7, 11) is 0. The summed E-state index contributed by atoms with van der Waals surface area (Å²) in [6.45, 7) is 0. The molecule has 0 saturated carbocycles. The summed E-state index contributed by atoms with van der Waals surface area (Å²) in [6.07, 6.45) is 3.10. The van der Waals surface area contributed by atoms with E-state index in [1.165, 1.54) is 5.56 Å². The molecule has 0 bridgehead atoms. The third-order valence-corrected chi connectivity index (χ3v) is 2.89. The van der Waals surface area contributed by atoms with Crippen LogP contribution in [-0.4, -0.2) is 10.8 Å². The second-order valence-electron chi connectivity index (χ2n) is 3.64. The molecular weight excluding hydrogens is 266 g/mol. The van der Waals surface area contributed by atoms with E-state index in [1.807, 2.05) is 36.4 Å². The van der Waals surface area contributed by atoms with Crippen LogP contribution >= 0.6 is 15.9 Å². The van der Waals surface area contributed by atoms with Crippen LogP contribution in [-0.2, 0) is 6.42 Å². The highest BCUT2D eigenvalue weighted by atomic mass is 79.9. The average molecular weight is 278 g/mol. The molecule has 2 aromatic rings. The van der Waals surface area contributed by atoms with Crippen molar-refractivity contribution >= 4 is 21.7 Å². The van der Waals surface area contributed by atoms with Gasteiger partial charge in [0, 0.05) is 17.1 Å². The van der Waals surface area contributed by atoms with Crippen LogP contribution in [0.3, 0.4) is 0 Å². The van der Waals surface area contributed by atoms with Gasteiger partial charge in [-0.3, -0.25) is 4.79 Å². The summed E-state index contributed by atoms with van der Waals surface area (Å²) in [4.78, 5) is 14.7. The normalized spacial score (nSPS) is 10.3. The third kappa shape index (κ3) is 2.83. The minimum absolute atomic E-state index is 0.148. The molecule has 1 aromatic heterocycles. The number of nitrogens with one attached hydrogen (secondary N) is 1. The molecule has 0 saturated heterocycles. The molecule has 0 spiro atoms. The standard InChI is InChI=1S/C13H12BrNO/c14-11-8-12(15-9-11)13(16)7-6-10-4-2-1-3-5-10/h1-5,8-9,15H,6-7H2. The number of aromatic amines is 1. The van der Waals surface area contributed by atoms with Crippen LogP contribution in [0.15, 0.2) is 47.1 Å². The van der Waals surface area contributed by atoms with Crippen LogP contribution in [0.25, 0.3) is 0 Å². The maximum atomic E-state index is 11.8. The molecule has 2 nitrogen and oxygen atoms in total. The Kier molecular flexibility index (Phi) is 3.57. The number of Topliss-reactive ketones (excluding diaryl/α,β-unsaturated/α-hetero) is 1. The van der Waals surface area contributed by atoms with E-state index in [2.05, 4.69) is 20.9 Å². The van der Waals surface area contributed by atoms with E-state index in [-0.39, 0.29) is 5.78 Å². The number of carbonyl (C=O) groups is 1. The largest absolute Gasteiger partial charge is 0.358 e. The van der Waals surface area contributed by atoms with Crippen LogP contribution in [0.5, 0.6) is 0 Å². The molecule has 0 fully saturated rings. The summed E-state index contributed by atoms with van der Waals surface area (Å²) in [5.74, 6) is 0.148. The Hall–Kier alpha value is -1.35. The molecule has 2 rings (SSSR count). The van der Waals surface area contributed by atoms with Crippen LogP contribution < -0.4 is 0 Å². The van der Waals surface area contributed by atoms with E-state index in [0.29, 0.717) is 12.1 Å². The van der Waals surface area contributed by atoms with Crippen LogP contribution in [0.2, 0.25) is 0 Å². The van der Waals surface area contributed by atoms with Gasteiger partial charge < -0.3 is 4.98 Å². The molecule has 0 aliphatic carbocycles. The van der Waals surface area contributed by atoms with Crippen LogP contribution in [0.1, 0.15) is 22.5 Å². The van der Waals surface area contributed by atoms with Crippen molar-refractivity contribution in [1.82, 2.24) is 4.98 Å². The molecule has 0 aliphatic rings. The van der Waals surface area contributed by atoms with Crippen molar-refractivity contribution in [3.8, 4) is 0 Å². The Bertz CT molecular complexity index is 476. The number of rotatable bonds is 4. The van der Waals surface area contributed by atoms with Gasteiger partial charge >= 0.3 is 0 Å². The van der Waals surface area contributed by atoms with Crippen molar-refractivity contribution in [3.63, 3.8) is 0 Å². The first-order valence-corrected chi connectivity index (χ1v) is 5.96. The summed E-state index contributed by atoms with van der Waals surface area (Å²) >= 11 is 3.31. The molecule has 0 radical (unpaired) electrons. The van der Waals surface area contributed by atoms with E-state index >= 15 is 0 Å². The second-order valence-corrected chi connectivity index (χ2v) is 4.56. The molecule has 0 amide bonds. The van der Waals surface area contributed by atoms with Gasteiger partial charge in [-0.25, -0.2) is 0 Å². The Balaban J connectivity index is 1.94. The number of carbonyl (C=O) groups excluding carboxylic acids is 1. The van der Waals surface area contributed by atoms with Gasteiger partial charge in [-0.05, 0) is 34.0 Å². The zero-order chi connectivity index (χ0) is 11.4. The second kappa shape index (κ2) is 5.12. The van der Waals surface area contributed by atoms with E-state index < -0.39 is 0 Å². The molecule has 1 aromatic carbocycles. The van der Waals surface area contributed by atoms with E-state index in [0.717, 1.165) is 10.9 Å². The molecule has 16 heavy (non-hydrogen) atoms. The highest BCUT2D eigenvalue weighted by Crippen LogP contribution is 2.13. The number of aromatic nitrogens is 1. The maximum absolute atomic E-state index is 11.8. The first-order valence-electron chi connectivity index (χ1n) is 5.17. The highest BCUT2D eigenvalue weighted by Gasteiger charge is 2.07. The lowest BCUT2D eigenvalue weighted by Crippen LogP contribution is -2.01. The zero-order valence-corrected chi connectivity index (χ0v) is 10.3. The minimum atomic E-state index is 0.148. The quantitative estimate of drug-likeness (QED) is 0.852. The lowest BCUT2D eigenvalue weighted by molar-refractivity contribution is 0.0978. The van der Waals surface area contributed by atoms with Crippen molar-refractivity contribution in [2.75, 3.05) is 0 Å². The highest BCUT2D eigenvalue weighted by molar-refractivity contribution is 9.10. The molecule has 0 atom stereocenters. The van der Waals surface area contributed by atoms with E-state index in [4.69, 9.17) is 0 Å². The monoisotopic (exact) mass is 277 g/mol. The van der Waals surface area contributed by atoms with Gasteiger partial charge in [0.1, 0.15) is 0 Å². The van der Waals surface area contributed by atoms with Gasteiger partial charge in [0.2, 0.25) is 0 Å². The van der Waals surface area contributed by atoms with Crippen LogP contribution in [0.4, 0.5) is 0 Å². The summed E-state index contributed by atoms with van der Waals surface area (Å²) in [5, 5.41) is 0. The molecule has 0 unspecified atom stereocenters. The number of benzene rings is 1. The predicted molar refractivity (Wildman–Crippen MR) is 67.6 cm³/mol.